The molecule has 32 heteroatoms. The van der Waals surface area contributed by atoms with Gasteiger partial charge in [-0.2, -0.15) is 9.59 Å². The fourth-order valence-electron chi connectivity index (χ4n) is 13.6. The van der Waals surface area contributed by atoms with Crippen molar-refractivity contribution in [3.05, 3.63) is 144 Å². The molecule has 6 aromatic rings. The Morgan fingerprint density at radius 3 is 2.02 bits per heavy atom. The SMILES string of the molecule is CC1O[C@@H](O[C@@H]2C(n3cc(-c4cccc(F)c4)nn3)CC(C(=O)CCCNC(=O)[C@@H](OCc3ccccc3)[C@@H]3OC(CO)[C@H](O)C(n4cc(-c5cc(F)c(F)c(F)c5)nn4)[C@H]3O)C[C@H]2O[C@@H]2OC(CO)[C@H](O)[C@H](OCCC3CCCCC3)C2OC(=O)c2ccccc2)C(O)[C@@H](O)[C@@H]1O.O=C=O. The average molecular weight is 1420 g/mol. The molecule has 28 nitrogen and oxygen atoms in total. The molecule has 2 saturated carbocycles. The first-order valence-corrected chi connectivity index (χ1v) is 33.3. The van der Waals surface area contributed by atoms with Crippen LogP contribution in [0.4, 0.5) is 17.6 Å². The molecular weight excluding hydrogens is 1340 g/mol. The highest BCUT2D eigenvalue weighted by atomic mass is 19.2. The molecule has 8 unspecified atom stereocenters. The van der Waals surface area contributed by atoms with Gasteiger partial charge in [-0.3, -0.25) is 9.59 Å². The second kappa shape index (κ2) is 35.4. The number of esters is 1. The molecule has 0 radical (unpaired) electrons. The van der Waals surface area contributed by atoms with E-state index in [0.717, 1.165) is 43.0 Å². The van der Waals surface area contributed by atoms with Crippen molar-refractivity contribution in [3.63, 3.8) is 0 Å². The molecule has 5 aliphatic rings. The molecule has 5 fully saturated rings. The lowest BCUT2D eigenvalue weighted by molar-refractivity contribution is -0.347. The molecule has 4 aromatic carbocycles. The second-order valence-corrected chi connectivity index (χ2v) is 25.7. The maximum atomic E-state index is 15.1. The van der Waals surface area contributed by atoms with Crippen LogP contribution in [0.25, 0.3) is 22.5 Å². The van der Waals surface area contributed by atoms with Crippen LogP contribution in [0, 0.1) is 35.1 Å². The van der Waals surface area contributed by atoms with Crippen LogP contribution in [0.2, 0.25) is 0 Å². The number of halogens is 4. The number of ketones is 1. The molecule has 2 aliphatic carbocycles. The quantitative estimate of drug-likeness (QED) is 0.0163. The lowest BCUT2D eigenvalue weighted by atomic mass is 9.78. The number of hydrogen-bond acceptors (Lipinski definition) is 25. The van der Waals surface area contributed by atoms with Gasteiger partial charge in [0.15, 0.2) is 42.2 Å². The number of aromatic nitrogens is 6. The van der Waals surface area contributed by atoms with E-state index in [0.29, 0.717) is 35.6 Å². The van der Waals surface area contributed by atoms with Crippen molar-refractivity contribution in [1.29, 1.82) is 0 Å². The van der Waals surface area contributed by atoms with Gasteiger partial charge in [0, 0.05) is 36.6 Å². The summed E-state index contributed by atoms with van der Waals surface area (Å²) in [6.07, 6.45) is -19.1. The molecular formula is C69H81F4N7O21. The van der Waals surface area contributed by atoms with Gasteiger partial charge in [0.05, 0.1) is 56.0 Å². The van der Waals surface area contributed by atoms with Gasteiger partial charge in [-0.05, 0) is 80.5 Å². The van der Waals surface area contributed by atoms with Gasteiger partial charge < -0.3 is 84.1 Å². The first kappa shape index (κ1) is 75.9. The lowest BCUT2D eigenvalue weighted by Gasteiger charge is -2.48. The monoisotopic (exact) mass is 1420 g/mol. The number of amides is 1. The van der Waals surface area contributed by atoms with Crippen LogP contribution < -0.4 is 5.32 Å². The number of nitrogens with one attached hydrogen (secondary N) is 1. The molecule has 101 heavy (non-hydrogen) atoms. The van der Waals surface area contributed by atoms with E-state index in [1.807, 2.05) is 0 Å². The lowest BCUT2D eigenvalue weighted by Crippen LogP contribution is -2.63. The van der Waals surface area contributed by atoms with Gasteiger partial charge in [-0.1, -0.05) is 103 Å². The van der Waals surface area contributed by atoms with Gasteiger partial charge in [-0.25, -0.2) is 31.7 Å². The van der Waals surface area contributed by atoms with E-state index in [9.17, 15) is 68.0 Å². The van der Waals surface area contributed by atoms with Crippen molar-refractivity contribution in [2.45, 2.75) is 194 Å². The van der Waals surface area contributed by atoms with Crippen molar-refractivity contribution >= 4 is 23.8 Å². The zero-order chi connectivity index (χ0) is 72.0. The summed E-state index contributed by atoms with van der Waals surface area (Å²) < 4.78 is 111. The van der Waals surface area contributed by atoms with Gasteiger partial charge in [-0.15, -0.1) is 10.2 Å². The molecule has 2 aromatic heterocycles. The van der Waals surface area contributed by atoms with Crippen LogP contribution in [-0.4, -0.2) is 225 Å². The Hall–Kier alpha value is -7.73. The number of Topliss-reactive ketones (excluding diaryl/α,β-unsaturated/α-hetero) is 1. The summed E-state index contributed by atoms with van der Waals surface area (Å²) in [4.78, 5) is 60.1. The third-order valence-electron chi connectivity index (χ3n) is 19.0. The van der Waals surface area contributed by atoms with Gasteiger partial charge in [0.25, 0.3) is 5.91 Å². The normalized spacial score (nSPS) is 30.3. The Bertz CT molecular complexity index is 3680. The first-order valence-electron chi connectivity index (χ1n) is 33.3. The summed E-state index contributed by atoms with van der Waals surface area (Å²) in [5, 5.41) is 110. The van der Waals surface area contributed by atoms with Crippen LogP contribution in [-0.2, 0) is 63.7 Å². The number of aliphatic hydroxyl groups is 8. The number of carbonyl (C=O) groups excluding carboxylic acids is 5. The molecule has 9 N–H and O–H groups in total. The summed E-state index contributed by atoms with van der Waals surface area (Å²) in [6.45, 7) is -0.502. The Morgan fingerprint density at radius 1 is 0.683 bits per heavy atom. The van der Waals surface area contributed by atoms with Crippen molar-refractivity contribution in [1.82, 2.24) is 35.3 Å². The van der Waals surface area contributed by atoms with E-state index in [-0.39, 0.29) is 74.1 Å². The first-order chi connectivity index (χ1) is 48.7. The predicted octanol–water partition coefficient (Wildman–Crippen LogP) is 3.16. The summed E-state index contributed by atoms with van der Waals surface area (Å²) in [7, 11) is 0. The Balaban J connectivity index is 0.00000360. The number of benzene rings is 4. The minimum Gasteiger partial charge on any atom is -0.450 e. The molecule has 3 saturated heterocycles. The molecule has 5 heterocycles. The van der Waals surface area contributed by atoms with Gasteiger partial charge >= 0.3 is 12.1 Å². The standard InChI is InChI=1S/C68H81F4N7O19.CO2/c1-35-54(83)58(87)59(88)67(93-35)98-60-47(78-30-45(74-76-78)39-19-11-20-42(69)25-39)28-41(29-49(60)95-68-64(97-66(90)38-17-9-4-10-18-38)61(56(85)51(33-81)96-68)91-24-22-36-13-5-2-6-14-36)48(82)21-12-23-73-65(89)63(92-34-37-15-7-3-8-16-37)62-57(86)53(55(84)50(32-80)94-62)79-31-46(75-77-79)40-26-43(70)52(72)44(71)27-40;2-1-3/h3-4,7-11,15-20,25-27,30-31,35-36,41,47,49-51,53-64,67-68,80-81,83-88H,2,5-6,12-14,21-24,28-29,32-34H2,1H3,(H,73,89);/t35?,41?,47?,49-,50?,51?,53?,54-,55+,56+,57-,58+,59?,60-,61+,62-,63+,64?,67+,68-;/m1./s1. The van der Waals surface area contributed by atoms with Gasteiger partial charge in [0.2, 0.25) is 0 Å². The third kappa shape index (κ3) is 18.4. The third-order valence-corrected chi connectivity index (χ3v) is 19.0. The fraction of sp³-hybridized carbons (Fsp3) is 0.536. The maximum Gasteiger partial charge on any atom is 0.373 e. The van der Waals surface area contributed by atoms with Crippen LogP contribution in [0.15, 0.2) is 109 Å². The summed E-state index contributed by atoms with van der Waals surface area (Å²) >= 11 is 0. The fourth-order valence-corrected chi connectivity index (χ4v) is 13.6. The van der Waals surface area contributed by atoms with Crippen LogP contribution >= 0.6 is 0 Å². The summed E-state index contributed by atoms with van der Waals surface area (Å²) in [6, 6.07) is 20.8. The van der Waals surface area contributed by atoms with Crippen LogP contribution in [0.1, 0.15) is 99.1 Å². The maximum absolute atomic E-state index is 15.1. The topological polar surface area (TPSA) is 394 Å². The van der Waals surface area contributed by atoms with E-state index in [1.165, 1.54) is 48.1 Å². The van der Waals surface area contributed by atoms with Crippen molar-refractivity contribution in [3.8, 4) is 22.5 Å². The highest BCUT2D eigenvalue weighted by molar-refractivity contribution is 5.89. The van der Waals surface area contributed by atoms with E-state index in [1.54, 1.807) is 54.6 Å². The number of ether oxygens (including phenoxy) is 8. The zero-order valence-corrected chi connectivity index (χ0v) is 54.7. The molecule has 3 aliphatic heterocycles. The number of aliphatic hydroxyl groups excluding tert-OH is 8. The van der Waals surface area contributed by atoms with E-state index in [2.05, 4.69) is 25.9 Å². The van der Waals surface area contributed by atoms with Crippen LogP contribution in [0.3, 0.4) is 0 Å². The Kier molecular flexibility index (Phi) is 26.6. The number of carbonyl (C=O) groups is 3. The highest BCUT2D eigenvalue weighted by Crippen LogP contribution is 2.43. The Labute approximate surface area is 576 Å². The smallest absolute Gasteiger partial charge is 0.373 e. The molecule has 20 atom stereocenters. The number of rotatable bonds is 26. The molecule has 0 spiro atoms. The molecule has 1 amide bonds. The van der Waals surface area contributed by atoms with E-state index < -0.39 is 176 Å². The minimum absolute atomic E-state index is 0.0456. The van der Waals surface area contributed by atoms with Crippen LogP contribution in [0.5, 0.6) is 0 Å². The number of nitrogens with zero attached hydrogens (tertiary/aromatic N) is 6. The minimum atomic E-state index is -1.88. The van der Waals surface area contributed by atoms with Crippen molar-refractivity contribution < 1.29 is 120 Å². The average Bonchev–Trinajstić information content (AvgIpc) is 1.70. The zero-order valence-electron chi connectivity index (χ0n) is 54.7. The summed E-state index contributed by atoms with van der Waals surface area (Å²) in [5.74, 6) is -8.17. The second-order valence-electron chi connectivity index (χ2n) is 25.7. The molecule has 0 bridgehead atoms. The van der Waals surface area contributed by atoms with Crippen molar-refractivity contribution in [2.24, 2.45) is 11.8 Å². The largest absolute Gasteiger partial charge is 0.450 e. The predicted molar refractivity (Wildman–Crippen MR) is 337 cm³/mol. The van der Waals surface area contributed by atoms with E-state index in [4.69, 9.17) is 47.5 Å². The molecule has 11 rings (SSSR count). The van der Waals surface area contributed by atoms with Gasteiger partial charge in [0.1, 0.15) is 96.2 Å². The Morgan fingerprint density at radius 2 is 1.34 bits per heavy atom. The van der Waals surface area contributed by atoms with Crippen molar-refractivity contribution in [2.75, 3.05) is 26.4 Å². The highest BCUT2D eigenvalue weighted by Gasteiger charge is 2.55. The number of hydrogen-bond donors (Lipinski definition) is 9. The molecule has 546 valence electrons. The summed E-state index contributed by atoms with van der Waals surface area (Å²) in [5.41, 5.74) is 0.769. The van der Waals surface area contributed by atoms with E-state index >= 15 is 4.79 Å².